The fraction of sp³-hybridized carbons (Fsp3) is 0.533. The summed E-state index contributed by atoms with van der Waals surface area (Å²) >= 11 is 0. The molecule has 0 radical (unpaired) electrons. The zero-order chi connectivity index (χ0) is 15.6. The molecule has 1 heterocycles. The van der Waals surface area contributed by atoms with Gasteiger partial charge in [-0.3, -0.25) is 4.79 Å². The summed E-state index contributed by atoms with van der Waals surface area (Å²) in [5, 5.41) is 3.04. The molecule has 0 saturated heterocycles. The van der Waals surface area contributed by atoms with Gasteiger partial charge in [-0.2, -0.15) is 13.2 Å². The average Bonchev–Trinajstić information content (AvgIpc) is 2.42. The van der Waals surface area contributed by atoms with Crippen LogP contribution in [0, 0.1) is 0 Å². The molecule has 1 atom stereocenters. The van der Waals surface area contributed by atoms with Crippen molar-refractivity contribution in [2.45, 2.75) is 45.1 Å². The Morgan fingerprint density at radius 2 is 1.95 bits per heavy atom. The highest BCUT2D eigenvalue weighted by molar-refractivity contribution is 5.83. The van der Waals surface area contributed by atoms with Gasteiger partial charge in [0.2, 0.25) is 5.91 Å². The van der Waals surface area contributed by atoms with Gasteiger partial charge in [-0.1, -0.05) is 24.3 Å². The molecule has 0 spiro atoms. The Morgan fingerprint density at radius 1 is 1.33 bits per heavy atom. The number of benzene rings is 1. The van der Waals surface area contributed by atoms with Crippen molar-refractivity contribution in [1.29, 1.82) is 0 Å². The molecule has 2 rings (SSSR count). The van der Waals surface area contributed by atoms with Crippen molar-refractivity contribution in [3.63, 3.8) is 0 Å². The Bertz CT molecular complexity index is 514. The van der Waals surface area contributed by atoms with Crippen LogP contribution in [0.5, 0.6) is 0 Å². The number of nitrogens with one attached hydrogen (secondary N) is 1. The van der Waals surface area contributed by atoms with Crippen molar-refractivity contribution >= 4 is 5.91 Å². The number of hydrogen-bond acceptors (Lipinski definition) is 2. The first-order chi connectivity index (χ1) is 9.78. The van der Waals surface area contributed by atoms with Crippen molar-refractivity contribution in [1.82, 2.24) is 10.2 Å². The third kappa shape index (κ3) is 3.97. The van der Waals surface area contributed by atoms with Crippen molar-refractivity contribution in [2.75, 3.05) is 6.54 Å². The van der Waals surface area contributed by atoms with E-state index in [4.69, 9.17) is 0 Å². The summed E-state index contributed by atoms with van der Waals surface area (Å²) in [7, 11) is 0. The normalized spacial score (nSPS) is 18.5. The Morgan fingerprint density at radius 3 is 2.52 bits per heavy atom. The average molecular weight is 300 g/mol. The molecule has 1 aliphatic heterocycles. The van der Waals surface area contributed by atoms with Gasteiger partial charge in [0.1, 0.15) is 6.54 Å². The minimum absolute atomic E-state index is 0.427. The zero-order valence-corrected chi connectivity index (χ0v) is 12.1. The fourth-order valence-electron chi connectivity index (χ4n) is 2.54. The highest BCUT2D eigenvalue weighted by atomic mass is 19.4. The molecule has 1 aromatic carbocycles. The number of hydrogen-bond donors (Lipinski definition) is 1. The Hall–Kier alpha value is -1.56. The Balaban J connectivity index is 2.12. The molecular weight excluding hydrogens is 281 g/mol. The van der Waals surface area contributed by atoms with Gasteiger partial charge in [0.25, 0.3) is 0 Å². The molecule has 0 saturated carbocycles. The highest BCUT2D eigenvalue weighted by Crippen LogP contribution is 2.21. The SMILES string of the molecule is CC(C)N(CC(F)(F)F)C(=O)C1Cc2ccccc2CN1. The van der Waals surface area contributed by atoms with E-state index in [0.29, 0.717) is 13.0 Å². The second-order valence-electron chi connectivity index (χ2n) is 5.58. The van der Waals surface area contributed by atoms with Crippen LogP contribution in [0.4, 0.5) is 13.2 Å². The van der Waals surface area contributed by atoms with Gasteiger partial charge in [0.15, 0.2) is 0 Å². The van der Waals surface area contributed by atoms with Crippen LogP contribution in [-0.2, 0) is 17.8 Å². The van der Waals surface area contributed by atoms with E-state index in [1.54, 1.807) is 13.8 Å². The standard InChI is InChI=1S/C15H19F3N2O/c1-10(2)20(9-15(16,17)18)14(21)13-7-11-5-3-4-6-12(11)8-19-13/h3-6,10,13,19H,7-9H2,1-2H3. The summed E-state index contributed by atoms with van der Waals surface area (Å²) in [4.78, 5) is 13.3. The van der Waals surface area contributed by atoms with E-state index >= 15 is 0 Å². The van der Waals surface area contributed by atoms with E-state index in [9.17, 15) is 18.0 Å². The van der Waals surface area contributed by atoms with E-state index in [0.717, 1.165) is 16.0 Å². The lowest BCUT2D eigenvalue weighted by molar-refractivity contribution is -0.166. The number of rotatable bonds is 3. The van der Waals surface area contributed by atoms with E-state index in [1.165, 1.54) is 0 Å². The minimum atomic E-state index is -4.38. The molecule has 1 N–H and O–H groups in total. The maximum atomic E-state index is 12.6. The predicted octanol–water partition coefficient (Wildman–Crippen LogP) is 2.50. The van der Waals surface area contributed by atoms with Gasteiger partial charge in [-0.15, -0.1) is 0 Å². The molecule has 1 unspecified atom stereocenters. The largest absolute Gasteiger partial charge is 0.406 e. The van der Waals surface area contributed by atoms with Gasteiger partial charge in [0, 0.05) is 12.6 Å². The van der Waals surface area contributed by atoms with Crippen LogP contribution in [0.1, 0.15) is 25.0 Å². The third-order valence-electron chi connectivity index (χ3n) is 3.64. The summed E-state index contributed by atoms with van der Waals surface area (Å²) in [5.41, 5.74) is 2.11. The van der Waals surface area contributed by atoms with Crippen LogP contribution < -0.4 is 5.32 Å². The van der Waals surface area contributed by atoms with Crippen molar-refractivity contribution in [3.05, 3.63) is 35.4 Å². The molecule has 0 aromatic heterocycles. The van der Waals surface area contributed by atoms with Gasteiger partial charge < -0.3 is 10.2 Å². The topological polar surface area (TPSA) is 32.3 Å². The third-order valence-corrected chi connectivity index (χ3v) is 3.64. The maximum Gasteiger partial charge on any atom is 0.406 e. The summed E-state index contributed by atoms with van der Waals surface area (Å²) in [6, 6.07) is 6.58. The molecule has 1 aliphatic rings. The van der Waals surface area contributed by atoms with Gasteiger partial charge >= 0.3 is 6.18 Å². The van der Waals surface area contributed by atoms with Crippen LogP contribution in [0.25, 0.3) is 0 Å². The predicted molar refractivity (Wildman–Crippen MR) is 73.7 cm³/mol. The van der Waals surface area contributed by atoms with Crippen LogP contribution in [0.2, 0.25) is 0 Å². The lowest BCUT2D eigenvalue weighted by Crippen LogP contribution is -2.53. The van der Waals surface area contributed by atoms with Crippen molar-refractivity contribution in [3.8, 4) is 0 Å². The molecular formula is C15H19F3N2O. The van der Waals surface area contributed by atoms with Crippen LogP contribution in [-0.4, -0.2) is 35.6 Å². The number of carbonyl (C=O) groups is 1. The lowest BCUT2D eigenvalue weighted by atomic mass is 9.95. The molecule has 0 bridgehead atoms. The first-order valence-corrected chi connectivity index (χ1v) is 6.95. The molecule has 1 aromatic rings. The summed E-state index contributed by atoms with van der Waals surface area (Å²) in [6.45, 7) is 2.49. The van der Waals surface area contributed by atoms with Gasteiger partial charge in [0.05, 0.1) is 6.04 Å². The first-order valence-electron chi connectivity index (χ1n) is 6.95. The number of nitrogens with zero attached hydrogens (tertiary/aromatic N) is 1. The number of amides is 1. The fourth-order valence-corrected chi connectivity index (χ4v) is 2.54. The summed E-state index contributed by atoms with van der Waals surface area (Å²) in [5.74, 6) is -0.489. The highest BCUT2D eigenvalue weighted by Gasteiger charge is 2.37. The molecule has 116 valence electrons. The van der Waals surface area contributed by atoms with E-state index in [-0.39, 0.29) is 0 Å². The maximum absolute atomic E-state index is 12.6. The number of carbonyl (C=O) groups excluding carboxylic acids is 1. The first kappa shape index (κ1) is 15.8. The second kappa shape index (κ2) is 6.05. The summed E-state index contributed by atoms with van der Waals surface area (Å²) in [6.07, 6.45) is -3.96. The van der Waals surface area contributed by atoms with Gasteiger partial charge in [-0.25, -0.2) is 0 Å². The Labute approximate surface area is 122 Å². The van der Waals surface area contributed by atoms with Crippen LogP contribution in [0.3, 0.4) is 0 Å². The number of alkyl halides is 3. The van der Waals surface area contributed by atoms with Crippen LogP contribution >= 0.6 is 0 Å². The molecule has 21 heavy (non-hydrogen) atoms. The van der Waals surface area contributed by atoms with Crippen LogP contribution in [0.15, 0.2) is 24.3 Å². The monoisotopic (exact) mass is 300 g/mol. The minimum Gasteiger partial charge on any atom is -0.330 e. The second-order valence-corrected chi connectivity index (χ2v) is 5.58. The Kier molecular flexibility index (Phi) is 4.56. The van der Waals surface area contributed by atoms with Crippen molar-refractivity contribution in [2.24, 2.45) is 0 Å². The summed E-state index contributed by atoms with van der Waals surface area (Å²) < 4.78 is 37.9. The zero-order valence-electron chi connectivity index (χ0n) is 12.1. The van der Waals surface area contributed by atoms with Gasteiger partial charge in [-0.05, 0) is 31.4 Å². The molecule has 3 nitrogen and oxygen atoms in total. The molecule has 1 amide bonds. The molecule has 0 fully saturated rings. The quantitative estimate of drug-likeness (QED) is 0.930. The molecule has 0 aliphatic carbocycles. The number of halogens is 3. The number of fused-ring (bicyclic) bond motifs is 1. The van der Waals surface area contributed by atoms with E-state index in [1.807, 2.05) is 24.3 Å². The van der Waals surface area contributed by atoms with Crippen molar-refractivity contribution < 1.29 is 18.0 Å². The smallest absolute Gasteiger partial charge is 0.330 e. The van der Waals surface area contributed by atoms with E-state index in [2.05, 4.69) is 5.32 Å². The lowest BCUT2D eigenvalue weighted by Gasteiger charge is -2.33. The molecule has 6 heteroatoms. The van der Waals surface area contributed by atoms with E-state index < -0.39 is 30.7 Å².